The highest BCUT2D eigenvalue weighted by Gasteiger charge is 2.33. The van der Waals surface area contributed by atoms with Gasteiger partial charge in [-0.2, -0.15) is 0 Å². The van der Waals surface area contributed by atoms with Crippen LogP contribution in [0.4, 0.5) is 0 Å². The third-order valence-corrected chi connectivity index (χ3v) is 8.19. The number of hydrogen-bond donors (Lipinski definition) is 0. The molecular formula is C32H35N3O4. The molecule has 1 atom stereocenters. The quantitative estimate of drug-likeness (QED) is 0.501. The highest BCUT2D eigenvalue weighted by molar-refractivity contribution is 5.95. The van der Waals surface area contributed by atoms with Crippen LogP contribution in [-0.4, -0.2) is 79.1 Å². The van der Waals surface area contributed by atoms with E-state index in [9.17, 15) is 9.59 Å². The van der Waals surface area contributed by atoms with Gasteiger partial charge in [0.2, 0.25) is 6.29 Å². The van der Waals surface area contributed by atoms with Gasteiger partial charge in [0.05, 0.1) is 6.61 Å². The van der Waals surface area contributed by atoms with Gasteiger partial charge in [-0.05, 0) is 67.4 Å². The molecule has 3 aliphatic heterocycles. The smallest absolute Gasteiger partial charge is 0.253 e. The fraction of sp³-hybridized carbons (Fsp3) is 0.375. The van der Waals surface area contributed by atoms with Crippen LogP contribution in [-0.2, 0) is 11.3 Å². The Bertz CT molecular complexity index is 1310. The van der Waals surface area contributed by atoms with Crippen LogP contribution in [0.2, 0.25) is 0 Å². The molecule has 7 heteroatoms. The Morgan fingerprint density at radius 2 is 1.33 bits per heavy atom. The summed E-state index contributed by atoms with van der Waals surface area (Å²) in [4.78, 5) is 31.8. The molecule has 0 radical (unpaired) electrons. The molecule has 0 aromatic heterocycles. The Hall–Kier alpha value is -3.68. The van der Waals surface area contributed by atoms with Gasteiger partial charge in [0, 0.05) is 61.9 Å². The molecule has 3 heterocycles. The molecule has 0 aliphatic carbocycles. The first kappa shape index (κ1) is 25.6. The zero-order chi connectivity index (χ0) is 26.8. The lowest BCUT2D eigenvalue weighted by Crippen LogP contribution is -2.47. The van der Waals surface area contributed by atoms with Crippen molar-refractivity contribution >= 4 is 11.8 Å². The SMILES string of the molecule is CN1CCN(C(=O)c2ccc(-c3ccc4c(c3)COC(C3CCN(C(=O)c5ccccc5)CC3)O4)cc2)CC1. The number of likely N-dealkylation sites (N-methyl/N-ethyl adjacent to an activating group) is 1. The maximum Gasteiger partial charge on any atom is 0.253 e. The molecule has 2 fully saturated rings. The minimum absolute atomic E-state index is 0.0918. The summed E-state index contributed by atoms with van der Waals surface area (Å²) < 4.78 is 12.4. The molecule has 7 nitrogen and oxygen atoms in total. The molecule has 0 saturated carbocycles. The fourth-order valence-electron chi connectivity index (χ4n) is 5.69. The van der Waals surface area contributed by atoms with E-state index in [1.807, 2.05) is 70.5 Å². The van der Waals surface area contributed by atoms with Gasteiger partial charge in [-0.25, -0.2) is 0 Å². The van der Waals surface area contributed by atoms with Crippen molar-refractivity contribution in [2.24, 2.45) is 5.92 Å². The van der Waals surface area contributed by atoms with Crippen LogP contribution in [0.5, 0.6) is 5.75 Å². The molecular weight excluding hydrogens is 490 g/mol. The van der Waals surface area contributed by atoms with Crippen molar-refractivity contribution in [3.05, 3.63) is 89.5 Å². The number of hydrogen-bond acceptors (Lipinski definition) is 5. The Morgan fingerprint density at radius 3 is 2.03 bits per heavy atom. The van der Waals surface area contributed by atoms with E-state index in [0.29, 0.717) is 19.7 Å². The fourth-order valence-corrected chi connectivity index (χ4v) is 5.69. The van der Waals surface area contributed by atoms with E-state index in [1.165, 1.54) is 0 Å². The number of piperidine rings is 1. The van der Waals surface area contributed by atoms with Crippen molar-refractivity contribution in [3.8, 4) is 16.9 Å². The predicted molar refractivity (Wildman–Crippen MR) is 150 cm³/mol. The summed E-state index contributed by atoms with van der Waals surface area (Å²) in [5, 5.41) is 0. The molecule has 2 saturated heterocycles. The molecule has 3 aromatic carbocycles. The van der Waals surface area contributed by atoms with Crippen LogP contribution in [0.25, 0.3) is 11.1 Å². The largest absolute Gasteiger partial charge is 0.464 e. The van der Waals surface area contributed by atoms with Crippen LogP contribution in [0.3, 0.4) is 0 Å². The monoisotopic (exact) mass is 525 g/mol. The summed E-state index contributed by atoms with van der Waals surface area (Å²) in [5.41, 5.74) is 4.63. The second-order valence-electron chi connectivity index (χ2n) is 10.8. The van der Waals surface area contributed by atoms with Crippen molar-refractivity contribution in [3.63, 3.8) is 0 Å². The van der Waals surface area contributed by atoms with Crippen molar-refractivity contribution in [2.45, 2.75) is 25.7 Å². The molecule has 3 aromatic rings. The number of rotatable bonds is 4. The Kier molecular flexibility index (Phi) is 7.35. The summed E-state index contributed by atoms with van der Waals surface area (Å²) in [5.74, 6) is 1.31. The standard InChI is InChI=1S/C32H35N3O4/c1-33-17-19-35(20-18-33)31(37)25-9-7-23(8-10-25)27-11-12-29-28(21-27)22-38-32(39-29)26-13-15-34(16-14-26)30(36)24-5-3-2-4-6-24/h2-12,21,26,32H,13-20,22H2,1H3. The maximum absolute atomic E-state index is 12.9. The zero-order valence-corrected chi connectivity index (χ0v) is 22.4. The number of fused-ring (bicyclic) bond motifs is 1. The molecule has 1 unspecified atom stereocenters. The molecule has 2 amide bonds. The van der Waals surface area contributed by atoms with Gasteiger partial charge in [0.1, 0.15) is 5.75 Å². The molecule has 202 valence electrons. The first-order chi connectivity index (χ1) is 19.0. The highest BCUT2D eigenvalue weighted by atomic mass is 16.7. The Morgan fingerprint density at radius 1 is 0.718 bits per heavy atom. The maximum atomic E-state index is 12.9. The summed E-state index contributed by atoms with van der Waals surface area (Å²) in [6.07, 6.45) is 1.42. The van der Waals surface area contributed by atoms with E-state index in [2.05, 4.69) is 24.1 Å². The van der Waals surface area contributed by atoms with Crippen molar-refractivity contribution in [1.82, 2.24) is 14.7 Å². The van der Waals surface area contributed by atoms with Crippen molar-refractivity contribution in [2.75, 3.05) is 46.3 Å². The van der Waals surface area contributed by atoms with Gasteiger partial charge in [-0.3, -0.25) is 9.59 Å². The number of nitrogens with zero attached hydrogens (tertiary/aromatic N) is 3. The van der Waals surface area contributed by atoms with E-state index in [4.69, 9.17) is 9.47 Å². The average molecular weight is 526 g/mol. The van der Waals surface area contributed by atoms with Gasteiger partial charge in [-0.15, -0.1) is 0 Å². The number of piperazine rings is 1. The van der Waals surface area contributed by atoms with Gasteiger partial charge in [-0.1, -0.05) is 36.4 Å². The summed E-state index contributed by atoms with van der Waals surface area (Å²) in [7, 11) is 2.09. The third kappa shape index (κ3) is 5.56. The molecule has 0 N–H and O–H groups in total. The lowest BCUT2D eigenvalue weighted by atomic mass is 9.94. The highest BCUT2D eigenvalue weighted by Crippen LogP contribution is 2.35. The first-order valence-electron chi connectivity index (χ1n) is 13.9. The minimum Gasteiger partial charge on any atom is -0.464 e. The van der Waals surface area contributed by atoms with Crippen LogP contribution < -0.4 is 4.74 Å². The summed E-state index contributed by atoms with van der Waals surface area (Å²) >= 11 is 0. The number of amides is 2. The zero-order valence-electron chi connectivity index (χ0n) is 22.4. The average Bonchev–Trinajstić information content (AvgIpc) is 3.01. The molecule has 39 heavy (non-hydrogen) atoms. The molecule has 6 rings (SSSR count). The van der Waals surface area contributed by atoms with Gasteiger partial charge < -0.3 is 24.2 Å². The first-order valence-corrected chi connectivity index (χ1v) is 13.9. The van der Waals surface area contributed by atoms with Crippen molar-refractivity contribution in [1.29, 1.82) is 0 Å². The number of carbonyl (C=O) groups is 2. The third-order valence-electron chi connectivity index (χ3n) is 8.19. The summed E-state index contributed by atoms with van der Waals surface area (Å²) in [6, 6.07) is 23.6. The number of carbonyl (C=O) groups excluding carboxylic acids is 2. The van der Waals surface area contributed by atoms with E-state index < -0.39 is 0 Å². The van der Waals surface area contributed by atoms with E-state index in [0.717, 1.165) is 72.6 Å². The van der Waals surface area contributed by atoms with Crippen molar-refractivity contribution < 1.29 is 19.1 Å². The molecule has 0 spiro atoms. The number of benzene rings is 3. The second-order valence-corrected chi connectivity index (χ2v) is 10.8. The van der Waals surface area contributed by atoms with Gasteiger partial charge in [0.25, 0.3) is 11.8 Å². The van der Waals surface area contributed by atoms with Gasteiger partial charge >= 0.3 is 0 Å². The van der Waals surface area contributed by atoms with Crippen LogP contribution in [0, 0.1) is 5.92 Å². The molecule has 3 aliphatic rings. The van der Waals surface area contributed by atoms with E-state index >= 15 is 0 Å². The van der Waals surface area contributed by atoms with E-state index in [-0.39, 0.29) is 24.0 Å². The predicted octanol–water partition coefficient (Wildman–Crippen LogP) is 4.53. The van der Waals surface area contributed by atoms with E-state index in [1.54, 1.807) is 0 Å². The topological polar surface area (TPSA) is 62.3 Å². The van der Waals surface area contributed by atoms with Crippen LogP contribution in [0.1, 0.15) is 39.1 Å². The summed E-state index contributed by atoms with van der Waals surface area (Å²) in [6.45, 7) is 5.29. The Balaban J connectivity index is 1.05. The lowest BCUT2D eigenvalue weighted by molar-refractivity contribution is -0.148. The van der Waals surface area contributed by atoms with Gasteiger partial charge in [0.15, 0.2) is 0 Å². The number of ether oxygens (including phenoxy) is 2. The number of likely N-dealkylation sites (tertiary alicyclic amines) is 1. The molecule has 0 bridgehead atoms. The second kappa shape index (κ2) is 11.2. The van der Waals surface area contributed by atoms with Crippen LogP contribution >= 0.6 is 0 Å². The van der Waals surface area contributed by atoms with Crippen LogP contribution in [0.15, 0.2) is 72.8 Å². The lowest BCUT2D eigenvalue weighted by Gasteiger charge is -2.37. The minimum atomic E-state index is -0.294. The normalized spacial score (nSPS) is 20.3. The Labute approximate surface area is 229 Å².